The Morgan fingerprint density at radius 3 is 0.500 bits per heavy atom. The predicted molar refractivity (Wildman–Crippen MR) is 484 cm³/mol. The third-order valence-electron chi connectivity index (χ3n) is 21.4. The van der Waals surface area contributed by atoms with Gasteiger partial charge in [-0.05, 0) is 196 Å². The number of nitrogens with one attached hydrogen (secondary N) is 2. The smallest absolute Gasteiger partial charge is 0.138 e. The van der Waals surface area contributed by atoms with Crippen LogP contribution < -0.4 is 19.6 Å². The molecular formula is C108H78N8. The van der Waals surface area contributed by atoms with Crippen molar-refractivity contribution in [3.05, 3.63) is 461 Å². The van der Waals surface area contributed by atoms with Gasteiger partial charge in [-0.25, -0.2) is 9.97 Å². The summed E-state index contributed by atoms with van der Waals surface area (Å²) < 4.78 is 0. The summed E-state index contributed by atoms with van der Waals surface area (Å²) in [6.45, 7) is 0. The number of nitrogens with zero attached hydrogens (tertiary/aromatic N) is 6. The summed E-state index contributed by atoms with van der Waals surface area (Å²) in [6, 6.07) is 163. The van der Waals surface area contributed by atoms with Gasteiger partial charge >= 0.3 is 0 Å². The highest BCUT2D eigenvalue weighted by Crippen LogP contribution is 2.44. The van der Waals surface area contributed by atoms with Crippen molar-refractivity contribution >= 4 is 68.2 Å². The first-order chi connectivity index (χ1) is 57.5. The molecule has 0 fully saturated rings. The molecule has 8 nitrogen and oxygen atoms in total. The minimum atomic E-state index is 0.735. The fourth-order valence-corrected chi connectivity index (χ4v) is 15.6. The van der Waals surface area contributed by atoms with Crippen LogP contribution in [0.25, 0.3) is 112 Å². The Kier molecular flexibility index (Phi) is 19.7. The first-order valence-electron chi connectivity index (χ1n) is 39.3. The average molecular weight is 1490 g/mol. The molecule has 2 aromatic heterocycles. The van der Waals surface area contributed by atoms with Crippen molar-refractivity contribution in [2.45, 2.75) is 0 Å². The van der Waals surface area contributed by atoms with Gasteiger partial charge in [0.15, 0.2) is 0 Å². The van der Waals surface area contributed by atoms with Gasteiger partial charge < -0.3 is 29.6 Å². The van der Waals surface area contributed by atoms with Gasteiger partial charge in [-0.2, -0.15) is 0 Å². The van der Waals surface area contributed by atoms with Gasteiger partial charge in [0.2, 0.25) is 0 Å². The van der Waals surface area contributed by atoms with Crippen LogP contribution in [0.4, 0.5) is 68.2 Å². The van der Waals surface area contributed by atoms with Crippen LogP contribution >= 0.6 is 0 Å². The van der Waals surface area contributed by atoms with Crippen LogP contribution in [-0.2, 0) is 0 Å². The van der Waals surface area contributed by atoms with Gasteiger partial charge in [0.1, 0.15) is 11.6 Å². The van der Waals surface area contributed by atoms with E-state index in [1.807, 2.05) is 0 Å². The average Bonchev–Trinajstić information content (AvgIpc) is 1.61. The van der Waals surface area contributed by atoms with Crippen molar-refractivity contribution in [3.8, 4) is 112 Å². The van der Waals surface area contributed by atoms with E-state index >= 15 is 0 Å². The number of hydrogen-bond acceptors (Lipinski definition) is 6. The quantitative estimate of drug-likeness (QED) is 0.0705. The summed E-state index contributed by atoms with van der Waals surface area (Å²) >= 11 is 0. The third-order valence-corrected chi connectivity index (χ3v) is 21.4. The van der Waals surface area contributed by atoms with Gasteiger partial charge in [-0.15, -0.1) is 0 Å². The first kappa shape index (κ1) is 70.7. The first-order valence-corrected chi connectivity index (χ1v) is 39.3. The molecule has 0 amide bonds. The molecule has 19 rings (SSSR count). The maximum Gasteiger partial charge on any atom is 0.138 e. The Bertz CT molecular complexity index is 5520. The molecule has 0 bridgehead atoms. The lowest BCUT2D eigenvalue weighted by Crippen LogP contribution is -2.09. The number of aromatic nitrogens is 4. The summed E-state index contributed by atoms with van der Waals surface area (Å²) in [6.07, 6.45) is 0. The number of rotatable bonds is 22. The molecule has 17 aromatic carbocycles. The Labute approximate surface area is 676 Å². The van der Waals surface area contributed by atoms with Gasteiger partial charge in [-0.1, -0.05) is 309 Å². The van der Waals surface area contributed by atoms with Gasteiger partial charge in [0.25, 0.3) is 0 Å². The van der Waals surface area contributed by atoms with E-state index in [9.17, 15) is 0 Å². The molecule has 2 heterocycles. The minimum Gasteiger partial charge on any atom is -0.337 e. The van der Waals surface area contributed by atoms with Gasteiger partial charge in [0, 0.05) is 102 Å². The van der Waals surface area contributed by atoms with Crippen molar-refractivity contribution in [2.75, 3.05) is 19.6 Å². The van der Waals surface area contributed by atoms with Crippen LogP contribution in [0, 0.1) is 0 Å². The number of benzene rings is 17. The SMILES string of the molecule is c1ccc(N(c2ccccc2)c2ccc(-c3ccc(-c4nc(-c5cccc(-c6nc(-c7ccc(-c8ccc(N(c9ccccc9)c9ccccc9)cc8)cc7)c(-c7ccc(-c8ccc(N(c9ccccc9)c9ccccc9)cc8)cc7)[nH]6)c5)[nH]c4-c4ccc(-c5ccc(N(c6ccccc6)c6ccccc6)cc5)cc4)cc3)cc2)cc1. The molecule has 2 N–H and O–H groups in total. The number of aromatic amines is 2. The van der Waals surface area contributed by atoms with Gasteiger partial charge in [-0.3, -0.25) is 0 Å². The largest absolute Gasteiger partial charge is 0.337 e. The van der Waals surface area contributed by atoms with E-state index < -0.39 is 0 Å². The lowest BCUT2D eigenvalue weighted by atomic mass is 9.98. The highest BCUT2D eigenvalue weighted by atomic mass is 15.2. The molecule has 0 saturated carbocycles. The standard InChI is InChI=1S/C108H78N8/c1-9-28-91(29-10-1)113(92-30-11-2-12-31-92)99-68-60-81(61-69-99)77-44-52-85(53-45-77)103-104(86-54-46-78(47-55-86)82-62-70-100(71-63-82)114(93-32-13-3-14-33-93)94-34-15-4-16-35-94)110-107(109-103)89-26-25-27-90(76-89)108-111-105(87-56-48-79(49-57-87)83-64-72-101(73-65-83)115(95-36-17-5-18-37-95)96-38-19-6-20-39-96)106(112-108)88-58-50-80(51-59-88)84-66-74-102(75-67-84)116(97-40-21-7-22-41-97)98-42-23-8-24-43-98/h1-76H,(H,109,110)(H,111,112). The lowest BCUT2D eigenvalue weighted by molar-refractivity contribution is 1.28. The molecule has 0 saturated heterocycles. The molecule has 19 aromatic rings. The van der Waals surface area contributed by atoms with Crippen molar-refractivity contribution in [3.63, 3.8) is 0 Å². The number of H-pyrrole nitrogens is 2. The Morgan fingerprint density at radius 2 is 0.302 bits per heavy atom. The highest BCUT2D eigenvalue weighted by Gasteiger charge is 2.23. The zero-order valence-electron chi connectivity index (χ0n) is 63.6. The van der Waals surface area contributed by atoms with Crippen molar-refractivity contribution in [1.82, 2.24) is 19.9 Å². The second kappa shape index (κ2) is 32.4. The highest BCUT2D eigenvalue weighted by molar-refractivity contribution is 5.89. The van der Waals surface area contributed by atoms with Crippen LogP contribution in [0.1, 0.15) is 0 Å². The molecule has 0 aliphatic carbocycles. The van der Waals surface area contributed by atoms with Crippen LogP contribution in [0.5, 0.6) is 0 Å². The minimum absolute atomic E-state index is 0.735. The Hall–Kier alpha value is -15.6. The van der Waals surface area contributed by atoms with E-state index in [1.54, 1.807) is 0 Å². The van der Waals surface area contributed by atoms with Crippen molar-refractivity contribution in [2.24, 2.45) is 0 Å². The monoisotopic (exact) mass is 1490 g/mol. The van der Waals surface area contributed by atoms with E-state index in [2.05, 4.69) is 491 Å². The maximum atomic E-state index is 5.57. The molecule has 0 aliphatic heterocycles. The third kappa shape index (κ3) is 14.9. The molecule has 116 heavy (non-hydrogen) atoms. The van der Waals surface area contributed by atoms with E-state index in [0.717, 1.165) is 181 Å². The van der Waals surface area contributed by atoms with Crippen LogP contribution in [0.3, 0.4) is 0 Å². The lowest BCUT2D eigenvalue weighted by Gasteiger charge is -2.25. The Balaban J connectivity index is 0.665. The van der Waals surface area contributed by atoms with Crippen LogP contribution in [0.15, 0.2) is 461 Å². The zero-order valence-corrected chi connectivity index (χ0v) is 63.6. The maximum absolute atomic E-state index is 5.57. The fourth-order valence-electron chi connectivity index (χ4n) is 15.6. The van der Waals surface area contributed by atoms with E-state index in [1.165, 1.54) is 0 Å². The second-order valence-electron chi connectivity index (χ2n) is 28.7. The zero-order chi connectivity index (χ0) is 77.4. The summed E-state index contributed by atoms with van der Waals surface area (Å²) in [5, 5.41) is 0. The van der Waals surface area contributed by atoms with Crippen molar-refractivity contribution < 1.29 is 0 Å². The molecule has 550 valence electrons. The summed E-state index contributed by atoms with van der Waals surface area (Å²) in [5.41, 5.74) is 31.3. The summed E-state index contributed by atoms with van der Waals surface area (Å²) in [4.78, 5) is 28.1. The fraction of sp³-hybridized carbons (Fsp3) is 0. The topological polar surface area (TPSA) is 70.3 Å². The van der Waals surface area contributed by atoms with Crippen LogP contribution in [-0.4, -0.2) is 19.9 Å². The number of hydrogen-bond donors (Lipinski definition) is 2. The number of imidazole rings is 2. The molecule has 8 heteroatoms. The van der Waals surface area contributed by atoms with Crippen molar-refractivity contribution in [1.29, 1.82) is 0 Å². The molecular weight excluding hydrogens is 1410 g/mol. The predicted octanol–water partition coefficient (Wildman–Crippen LogP) is 29.7. The molecule has 0 radical (unpaired) electrons. The molecule has 0 aliphatic rings. The van der Waals surface area contributed by atoms with E-state index in [4.69, 9.17) is 9.97 Å². The molecule has 0 atom stereocenters. The number of para-hydroxylation sites is 8. The normalized spacial score (nSPS) is 11.1. The summed E-state index contributed by atoms with van der Waals surface area (Å²) in [5.74, 6) is 1.47. The van der Waals surface area contributed by atoms with E-state index in [-0.39, 0.29) is 0 Å². The van der Waals surface area contributed by atoms with E-state index in [0.29, 0.717) is 0 Å². The second-order valence-corrected chi connectivity index (χ2v) is 28.7. The molecule has 0 spiro atoms. The summed E-state index contributed by atoms with van der Waals surface area (Å²) in [7, 11) is 0. The van der Waals surface area contributed by atoms with Crippen LogP contribution in [0.2, 0.25) is 0 Å². The molecule has 0 unspecified atom stereocenters. The number of anilines is 12. The van der Waals surface area contributed by atoms with Gasteiger partial charge in [0.05, 0.1) is 22.8 Å². The Morgan fingerprint density at radius 1 is 0.138 bits per heavy atom.